The number of hydrogen-bond acceptors (Lipinski definition) is 13. The minimum absolute atomic E-state index is 0.0728. The highest BCUT2D eigenvalue weighted by molar-refractivity contribution is 6.00. The van der Waals surface area contributed by atoms with E-state index in [2.05, 4.69) is 10.9 Å². The van der Waals surface area contributed by atoms with Crippen molar-refractivity contribution in [1.82, 2.24) is 14.5 Å². The minimum Gasteiger partial charge on any atom is -0.457 e. The summed E-state index contributed by atoms with van der Waals surface area (Å²) in [6.45, 7) is 15.1. The van der Waals surface area contributed by atoms with Gasteiger partial charge in [0.15, 0.2) is 29.6 Å². The highest BCUT2D eigenvalue weighted by Crippen LogP contribution is 2.38. The molecule has 14 nitrogen and oxygen atoms in total. The normalized spacial score (nSPS) is 35.7. The van der Waals surface area contributed by atoms with Crippen LogP contribution >= 0.6 is 0 Å². The Morgan fingerprint density at radius 3 is 2.42 bits per heavy atom. The topological polar surface area (TPSA) is 162 Å². The van der Waals surface area contributed by atoms with Gasteiger partial charge in [-0.25, -0.2) is 14.3 Å². The number of hydrogen-bond donors (Lipinski definition) is 0. The zero-order valence-electron chi connectivity index (χ0n) is 33.0. The fourth-order valence-corrected chi connectivity index (χ4v) is 7.44. The monoisotopic (exact) mass is 743 g/mol. The molecule has 0 aliphatic carbocycles. The number of terminal acetylenes is 1. The fourth-order valence-electron chi connectivity index (χ4n) is 7.44. The van der Waals surface area contributed by atoms with Crippen LogP contribution in [0.15, 0.2) is 30.4 Å². The summed E-state index contributed by atoms with van der Waals surface area (Å²) in [7, 11) is 3.33. The van der Waals surface area contributed by atoms with E-state index >= 15 is 0 Å². The molecule has 1 aromatic rings. The highest BCUT2D eigenvalue weighted by Gasteiger charge is 2.51. The first kappa shape index (κ1) is 43.5. The lowest BCUT2D eigenvalue weighted by Crippen LogP contribution is -2.60. The molecule has 3 rings (SSSR count). The molecule has 53 heavy (non-hydrogen) atoms. The number of esters is 2. The van der Waals surface area contributed by atoms with Crippen LogP contribution in [0, 0.1) is 30.1 Å². The molecule has 2 aliphatic rings. The maximum atomic E-state index is 14.3. The highest BCUT2D eigenvalue weighted by atomic mass is 16.7. The van der Waals surface area contributed by atoms with Crippen LogP contribution in [0.2, 0.25) is 0 Å². The molecule has 2 aliphatic heterocycles. The third kappa shape index (κ3) is 10.4. The smallest absolute Gasteiger partial charge is 0.420 e. The van der Waals surface area contributed by atoms with Crippen molar-refractivity contribution in [3.8, 4) is 12.3 Å². The number of aromatic nitrogens is 2. The Hall–Kier alpha value is -3.90. The van der Waals surface area contributed by atoms with Gasteiger partial charge >= 0.3 is 18.0 Å². The van der Waals surface area contributed by atoms with Crippen LogP contribution in [-0.2, 0) is 47.6 Å². The molecular formula is C39H57N3O11. The number of likely N-dealkylation sites (N-methyl/N-ethyl adjacent to an activating group) is 1. The van der Waals surface area contributed by atoms with Crippen molar-refractivity contribution in [2.24, 2.45) is 17.8 Å². The fraction of sp³-hybridized carbons (Fsp3) is 0.692. The number of ketones is 2. The number of imidazole rings is 1. The summed E-state index contributed by atoms with van der Waals surface area (Å²) in [6, 6.07) is -0.343. The molecular weight excluding hydrogens is 686 g/mol. The van der Waals surface area contributed by atoms with Gasteiger partial charge in [-0.15, -0.1) is 12.3 Å². The number of carbonyl (C=O) groups excluding carboxylic acids is 5. The summed E-state index contributed by atoms with van der Waals surface area (Å²) in [5.41, 5.74) is -2.67. The zero-order valence-corrected chi connectivity index (χ0v) is 33.0. The van der Waals surface area contributed by atoms with Crippen molar-refractivity contribution in [1.29, 1.82) is 0 Å². The van der Waals surface area contributed by atoms with Crippen molar-refractivity contribution in [2.75, 3.05) is 20.7 Å². The van der Waals surface area contributed by atoms with E-state index in [4.69, 9.17) is 34.8 Å². The molecule has 0 N–H and O–H groups in total. The van der Waals surface area contributed by atoms with E-state index in [1.54, 1.807) is 41.5 Å². The number of Topliss-reactive ketones (excluding diaryl/α,β-unsaturated/α-hetero) is 2. The summed E-state index contributed by atoms with van der Waals surface area (Å²) in [5, 5.41) is 0. The second-order valence-electron chi connectivity index (χ2n) is 14.8. The van der Waals surface area contributed by atoms with E-state index in [0.717, 1.165) is 4.57 Å². The van der Waals surface area contributed by atoms with Crippen LogP contribution in [-0.4, -0.2) is 113 Å². The van der Waals surface area contributed by atoms with Gasteiger partial charge < -0.3 is 28.4 Å². The quantitative estimate of drug-likeness (QED) is 0.150. The van der Waals surface area contributed by atoms with Crippen LogP contribution in [0.25, 0.3) is 0 Å². The number of cyclic esters (lactones) is 1. The molecule has 0 saturated carbocycles. The van der Waals surface area contributed by atoms with E-state index in [0.29, 0.717) is 19.4 Å². The van der Waals surface area contributed by atoms with Gasteiger partial charge in [-0.05, 0) is 72.6 Å². The molecule has 0 unspecified atom stereocenters. The summed E-state index contributed by atoms with van der Waals surface area (Å²) in [5.74, 6) is -2.58. The van der Waals surface area contributed by atoms with E-state index in [1.807, 2.05) is 18.9 Å². The molecule has 0 aromatic carbocycles. The van der Waals surface area contributed by atoms with Gasteiger partial charge in [-0.3, -0.25) is 24.1 Å². The maximum Gasteiger partial charge on any atom is 0.420 e. The lowest BCUT2D eigenvalue weighted by Gasteiger charge is -2.48. The lowest BCUT2D eigenvalue weighted by atomic mass is 9.77. The Morgan fingerprint density at radius 2 is 1.85 bits per heavy atom. The van der Waals surface area contributed by atoms with Crippen LogP contribution in [0.1, 0.15) is 88.0 Å². The zero-order chi connectivity index (χ0) is 39.8. The predicted molar refractivity (Wildman–Crippen MR) is 193 cm³/mol. The Morgan fingerprint density at radius 1 is 1.17 bits per heavy atom. The second kappa shape index (κ2) is 18.4. The van der Waals surface area contributed by atoms with Crippen molar-refractivity contribution < 1.29 is 52.4 Å². The molecule has 3 heterocycles. The van der Waals surface area contributed by atoms with Gasteiger partial charge in [0.2, 0.25) is 0 Å². The number of allylic oxidation sites excluding steroid dienone is 1. The largest absolute Gasteiger partial charge is 0.457 e. The van der Waals surface area contributed by atoms with Crippen molar-refractivity contribution >= 4 is 29.6 Å². The lowest BCUT2D eigenvalue weighted by molar-refractivity contribution is -0.298. The molecule has 1 fully saturated rings. The summed E-state index contributed by atoms with van der Waals surface area (Å²) >= 11 is 0. The molecule has 0 spiro atoms. The van der Waals surface area contributed by atoms with Gasteiger partial charge in [-0.2, -0.15) is 0 Å². The number of methoxy groups -OCH3 is 1. The van der Waals surface area contributed by atoms with Gasteiger partial charge in [0.1, 0.15) is 18.3 Å². The standard InChI is InChI=1S/C39H57N3O11/c1-13-15-17-41(11)29-19-25(5)49-36(33(29)50-28(8)43)52-34-26(6)32(45)27(7)35(46)51-30(14-2)38(9,53-37(47)42-18-16-40-22-42)20-23(3)31(44)24(4)21-39(34,10)48-12/h1,16,18,20,22,24-27,29-30,33-34,36H,14-15,17,19,21H2,2-12H3/b23-20+/t24-,25-,26+,27-,29+,30-,33-,34-,36+,38+,39-/m1/s1. The van der Waals surface area contributed by atoms with Gasteiger partial charge in [0.25, 0.3) is 0 Å². The number of carbonyl (C=O) groups is 5. The number of ether oxygens (including phenoxy) is 6. The number of rotatable bonds is 9. The van der Waals surface area contributed by atoms with Crippen LogP contribution < -0.4 is 0 Å². The average molecular weight is 744 g/mol. The Kier molecular flexibility index (Phi) is 15.1. The Bertz CT molecular complexity index is 1540. The van der Waals surface area contributed by atoms with Gasteiger partial charge in [0.05, 0.1) is 23.9 Å². The molecule has 11 atom stereocenters. The van der Waals surface area contributed by atoms with Crippen molar-refractivity contribution in [3.63, 3.8) is 0 Å². The molecule has 1 aromatic heterocycles. The summed E-state index contributed by atoms with van der Waals surface area (Å²) in [4.78, 5) is 73.7. The number of nitrogens with zero attached hydrogens (tertiary/aromatic N) is 3. The van der Waals surface area contributed by atoms with E-state index in [1.165, 1.54) is 45.8 Å². The molecule has 1 saturated heterocycles. The summed E-state index contributed by atoms with van der Waals surface area (Å²) in [6.07, 6.45) is 6.96. The molecule has 14 heteroatoms. The third-order valence-electron chi connectivity index (χ3n) is 10.4. The van der Waals surface area contributed by atoms with Crippen molar-refractivity contribution in [2.45, 2.75) is 136 Å². The van der Waals surface area contributed by atoms with Crippen LogP contribution in [0.5, 0.6) is 0 Å². The average Bonchev–Trinajstić information content (AvgIpc) is 3.66. The third-order valence-corrected chi connectivity index (χ3v) is 10.4. The minimum atomic E-state index is -1.61. The van der Waals surface area contributed by atoms with E-state index in [9.17, 15) is 24.0 Å². The van der Waals surface area contributed by atoms with Crippen LogP contribution in [0.3, 0.4) is 0 Å². The second-order valence-corrected chi connectivity index (χ2v) is 14.8. The van der Waals surface area contributed by atoms with Crippen LogP contribution in [0.4, 0.5) is 4.79 Å². The first-order chi connectivity index (χ1) is 24.8. The van der Waals surface area contributed by atoms with Gasteiger partial charge in [-0.1, -0.05) is 20.8 Å². The van der Waals surface area contributed by atoms with Crippen molar-refractivity contribution in [3.05, 3.63) is 30.4 Å². The van der Waals surface area contributed by atoms with E-state index in [-0.39, 0.29) is 36.3 Å². The first-order valence-electron chi connectivity index (χ1n) is 18.2. The van der Waals surface area contributed by atoms with Gasteiger partial charge in [0, 0.05) is 51.2 Å². The maximum absolute atomic E-state index is 14.3. The molecule has 0 amide bonds. The Balaban J connectivity index is 2.13. The molecule has 0 radical (unpaired) electrons. The molecule has 294 valence electrons. The predicted octanol–water partition coefficient (Wildman–Crippen LogP) is 4.53. The Labute approximate surface area is 313 Å². The SMILES string of the molecule is C#CCCN(C)[C@H]1C[C@@H](C)O[C@@H](O[C@@H]2[C@@H](C)C(=O)[C@@H](C)C(=O)O[C@H](CC)[C@@](C)(OC(=O)n3ccnc3)/C=C(\C)C(=O)[C@H](C)C[C@@]2(C)OC)[C@@H]1OC(C)=O. The summed E-state index contributed by atoms with van der Waals surface area (Å²) < 4.78 is 38.0. The molecule has 0 bridgehead atoms. The first-order valence-corrected chi connectivity index (χ1v) is 18.2. The van der Waals surface area contributed by atoms with E-state index < -0.39 is 77.4 Å².